The number of hydrogen-bond donors (Lipinski definition) is 1. The van der Waals surface area contributed by atoms with E-state index >= 15 is 0 Å². The molecule has 12 heteroatoms. The highest BCUT2D eigenvalue weighted by Gasteiger charge is 2.36. The van der Waals surface area contributed by atoms with Gasteiger partial charge >= 0.3 is 12.1 Å². The van der Waals surface area contributed by atoms with E-state index in [9.17, 15) is 27.6 Å². The molecule has 3 aromatic heterocycles. The van der Waals surface area contributed by atoms with Gasteiger partial charge in [0.2, 0.25) is 0 Å². The van der Waals surface area contributed by atoms with E-state index < -0.39 is 23.7 Å². The molecule has 4 rings (SSSR count). The average Bonchev–Trinajstić information content (AvgIpc) is 3.44. The first-order valence-corrected chi connectivity index (χ1v) is 12.8. The number of anilines is 1. The quantitative estimate of drug-likeness (QED) is 0.204. The molecule has 0 aliphatic heterocycles. The molecular weight excluding hydrogens is 533 g/mol. The minimum Gasteiger partial charge on any atom is -0.462 e. The number of ketones is 1. The van der Waals surface area contributed by atoms with Crippen molar-refractivity contribution in [2.75, 3.05) is 11.9 Å². The number of Topliss-reactive ketones (excluding diaryl/α,β-unsaturated/α-hetero) is 1. The number of benzene rings is 1. The molecule has 0 aliphatic carbocycles. The van der Waals surface area contributed by atoms with Gasteiger partial charge in [0.05, 0.1) is 28.9 Å². The number of fused-ring (bicyclic) bond motifs is 1. The van der Waals surface area contributed by atoms with Crippen LogP contribution in [0.5, 0.6) is 0 Å². The Morgan fingerprint density at radius 2 is 1.82 bits per heavy atom. The zero-order valence-corrected chi connectivity index (χ0v) is 22.6. The Labute approximate surface area is 225 Å². The van der Waals surface area contributed by atoms with Gasteiger partial charge in [-0.15, -0.1) is 11.3 Å². The Morgan fingerprint density at radius 1 is 1.15 bits per heavy atom. The predicted octanol–water partition coefficient (Wildman–Crippen LogP) is 6.54. The molecule has 0 radical (unpaired) electrons. The third-order valence-electron chi connectivity index (χ3n) is 6.05. The number of aromatic nitrogens is 3. The van der Waals surface area contributed by atoms with Gasteiger partial charge in [0, 0.05) is 5.56 Å². The molecule has 0 bridgehead atoms. The van der Waals surface area contributed by atoms with Crippen molar-refractivity contribution in [3.05, 3.63) is 69.4 Å². The smallest absolute Gasteiger partial charge is 0.433 e. The zero-order valence-electron chi connectivity index (χ0n) is 21.8. The molecule has 39 heavy (non-hydrogen) atoms. The number of amides is 1. The summed E-state index contributed by atoms with van der Waals surface area (Å²) in [4.78, 5) is 42.6. The van der Waals surface area contributed by atoms with E-state index in [1.807, 2.05) is 26.0 Å². The monoisotopic (exact) mass is 558 g/mol. The summed E-state index contributed by atoms with van der Waals surface area (Å²) in [6.45, 7) is 8.55. The first-order chi connectivity index (χ1) is 18.3. The lowest BCUT2D eigenvalue weighted by Crippen LogP contribution is -2.17. The van der Waals surface area contributed by atoms with Crippen molar-refractivity contribution < 1.29 is 32.3 Å². The molecule has 4 aromatic rings. The molecule has 1 amide bonds. The number of halogens is 3. The fourth-order valence-corrected chi connectivity index (χ4v) is 5.15. The summed E-state index contributed by atoms with van der Waals surface area (Å²) in [6, 6.07) is 7.85. The maximum absolute atomic E-state index is 14.0. The minimum atomic E-state index is -4.79. The first kappa shape index (κ1) is 28.0. The van der Waals surface area contributed by atoms with Crippen LogP contribution in [0.1, 0.15) is 80.8 Å². The molecule has 1 aromatic carbocycles. The molecule has 0 saturated carbocycles. The van der Waals surface area contributed by atoms with Crippen molar-refractivity contribution in [1.29, 1.82) is 0 Å². The highest BCUT2D eigenvalue weighted by molar-refractivity contribution is 7.18. The topological polar surface area (TPSA) is 103 Å². The molecule has 0 aliphatic rings. The van der Waals surface area contributed by atoms with Crippen molar-refractivity contribution in [2.24, 2.45) is 0 Å². The van der Waals surface area contributed by atoms with Crippen LogP contribution in [0.3, 0.4) is 0 Å². The lowest BCUT2D eigenvalue weighted by Gasteiger charge is -2.12. The SMILES string of the molecule is CCOC(=O)c1c(NC(=O)c2cnn3c(C(F)(F)F)cc(-c4ccc(C(C)C)cc4)nc23)sc(C(C)=O)c1C. The van der Waals surface area contributed by atoms with E-state index in [0.29, 0.717) is 15.6 Å². The summed E-state index contributed by atoms with van der Waals surface area (Å²) < 4.78 is 47.7. The fourth-order valence-electron chi connectivity index (χ4n) is 4.07. The van der Waals surface area contributed by atoms with E-state index in [1.165, 1.54) is 6.92 Å². The Kier molecular flexibility index (Phi) is 7.60. The number of carbonyl (C=O) groups excluding carboxylic acids is 3. The molecule has 1 N–H and O–H groups in total. The second-order valence-corrected chi connectivity index (χ2v) is 10.1. The van der Waals surface area contributed by atoms with Crippen molar-refractivity contribution in [2.45, 2.75) is 46.7 Å². The number of carbonyl (C=O) groups is 3. The van der Waals surface area contributed by atoms with Crippen LogP contribution in [0.4, 0.5) is 18.2 Å². The third-order valence-corrected chi connectivity index (χ3v) is 7.36. The van der Waals surface area contributed by atoms with Gasteiger partial charge < -0.3 is 10.1 Å². The lowest BCUT2D eigenvalue weighted by molar-refractivity contribution is -0.142. The highest BCUT2D eigenvalue weighted by atomic mass is 32.1. The molecule has 204 valence electrons. The van der Waals surface area contributed by atoms with Crippen LogP contribution in [0, 0.1) is 6.92 Å². The number of nitrogens with zero attached hydrogens (tertiary/aromatic N) is 3. The molecule has 0 saturated heterocycles. The fraction of sp³-hybridized carbons (Fsp3) is 0.296. The first-order valence-electron chi connectivity index (χ1n) is 12.0. The van der Waals surface area contributed by atoms with Gasteiger partial charge in [-0.05, 0) is 43.9 Å². The van der Waals surface area contributed by atoms with E-state index in [1.54, 1.807) is 26.0 Å². The normalized spacial score (nSPS) is 11.7. The molecule has 0 atom stereocenters. The zero-order chi connectivity index (χ0) is 28.6. The van der Waals surface area contributed by atoms with Crippen LogP contribution in [0.25, 0.3) is 16.9 Å². The van der Waals surface area contributed by atoms with Gasteiger partial charge in [0.1, 0.15) is 10.6 Å². The number of alkyl halides is 3. The van der Waals surface area contributed by atoms with Crippen molar-refractivity contribution >= 4 is 39.6 Å². The maximum atomic E-state index is 14.0. The van der Waals surface area contributed by atoms with Gasteiger partial charge in [-0.25, -0.2) is 14.3 Å². The van der Waals surface area contributed by atoms with Gasteiger partial charge in [-0.3, -0.25) is 9.59 Å². The molecule has 0 unspecified atom stereocenters. The van der Waals surface area contributed by atoms with E-state index in [0.717, 1.165) is 29.2 Å². The largest absolute Gasteiger partial charge is 0.462 e. The second-order valence-electron chi connectivity index (χ2n) is 9.09. The predicted molar refractivity (Wildman–Crippen MR) is 140 cm³/mol. The van der Waals surface area contributed by atoms with Crippen molar-refractivity contribution in [1.82, 2.24) is 14.6 Å². The molecular formula is C27H25F3N4O4S. The van der Waals surface area contributed by atoms with Gasteiger partial charge in [-0.1, -0.05) is 38.1 Å². The molecule has 0 spiro atoms. The number of thiophene rings is 1. The molecule has 3 heterocycles. The number of nitrogens with one attached hydrogen (secondary N) is 1. The van der Waals surface area contributed by atoms with Crippen molar-refractivity contribution in [3.63, 3.8) is 0 Å². The van der Waals surface area contributed by atoms with Crippen LogP contribution < -0.4 is 5.32 Å². The van der Waals surface area contributed by atoms with E-state index in [-0.39, 0.29) is 50.7 Å². The Bertz CT molecular complexity index is 1590. The lowest BCUT2D eigenvalue weighted by atomic mass is 10.0. The summed E-state index contributed by atoms with van der Waals surface area (Å²) in [7, 11) is 0. The van der Waals surface area contributed by atoms with Crippen LogP contribution in [-0.4, -0.2) is 38.9 Å². The summed E-state index contributed by atoms with van der Waals surface area (Å²) in [5.41, 5.74) is 0.135. The summed E-state index contributed by atoms with van der Waals surface area (Å²) >= 11 is 0.880. The minimum absolute atomic E-state index is 0.00625. The number of esters is 1. The second kappa shape index (κ2) is 10.6. The van der Waals surface area contributed by atoms with Gasteiger partial charge in [0.25, 0.3) is 5.91 Å². The van der Waals surface area contributed by atoms with Gasteiger partial charge in [0.15, 0.2) is 17.1 Å². The molecule has 0 fully saturated rings. The number of ether oxygens (including phenoxy) is 1. The van der Waals surface area contributed by atoms with Crippen molar-refractivity contribution in [3.8, 4) is 11.3 Å². The molecule has 8 nitrogen and oxygen atoms in total. The van der Waals surface area contributed by atoms with Crippen LogP contribution >= 0.6 is 11.3 Å². The summed E-state index contributed by atoms with van der Waals surface area (Å²) in [5.74, 6) is -1.67. The number of hydrogen-bond acceptors (Lipinski definition) is 7. The van der Waals surface area contributed by atoms with Crippen LogP contribution in [0.2, 0.25) is 0 Å². The Balaban J connectivity index is 1.82. The summed E-state index contributed by atoms with van der Waals surface area (Å²) in [5, 5.41) is 6.38. The van der Waals surface area contributed by atoms with Gasteiger partial charge in [-0.2, -0.15) is 18.3 Å². The standard InChI is InChI=1S/C27H25F3N4O4S/c1-6-38-26(37)21-14(4)22(15(5)35)39-25(21)33-24(36)18-12-31-34-20(27(28,29)30)11-19(32-23(18)34)17-9-7-16(8-10-17)13(2)3/h7-13H,6H2,1-5H3,(H,33,36). The summed E-state index contributed by atoms with van der Waals surface area (Å²) in [6.07, 6.45) is -3.80. The van der Waals surface area contributed by atoms with Crippen LogP contribution in [-0.2, 0) is 10.9 Å². The highest BCUT2D eigenvalue weighted by Crippen LogP contribution is 2.36. The van der Waals surface area contributed by atoms with E-state index in [2.05, 4.69) is 15.4 Å². The van der Waals surface area contributed by atoms with Crippen LogP contribution in [0.15, 0.2) is 36.5 Å². The third kappa shape index (κ3) is 5.42. The Morgan fingerprint density at radius 3 is 2.38 bits per heavy atom. The Hall–Kier alpha value is -4.06. The van der Waals surface area contributed by atoms with E-state index in [4.69, 9.17) is 4.74 Å². The maximum Gasteiger partial charge on any atom is 0.433 e. The number of rotatable bonds is 7. The average molecular weight is 559 g/mol.